The Hall–Kier alpha value is -2.43. The summed E-state index contributed by atoms with van der Waals surface area (Å²) in [5.74, 6) is 0.859. The average Bonchev–Trinajstić information content (AvgIpc) is 3.13. The minimum Gasteiger partial charge on any atom is -0.497 e. The van der Waals surface area contributed by atoms with Crippen LogP contribution in [-0.2, 0) is 6.54 Å². The van der Waals surface area contributed by atoms with E-state index in [1.54, 1.807) is 18.4 Å². The zero-order valence-electron chi connectivity index (χ0n) is 14.6. The van der Waals surface area contributed by atoms with E-state index in [1.807, 2.05) is 30.3 Å². The smallest absolute Gasteiger partial charge is 0.124 e. The van der Waals surface area contributed by atoms with Crippen molar-refractivity contribution in [2.45, 2.75) is 6.54 Å². The van der Waals surface area contributed by atoms with Crippen LogP contribution in [0, 0.1) is 0 Å². The van der Waals surface area contributed by atoms with E-state index < -0.39 is 0 Å². The van der Waals surface area contributed by atoms with E-state index in [0.29, 0.717) is 0 Å². The van der Waals surface area contributed by atoms with Crippen molar-refractivity contribution in [1.29, 1.82) is 0 Å². The Morgan fingerprint density at radius 3 is 2.40 bits per heavy atom. The van der Waals surface area contributed by atoms with Gasteiger partial charge in [-0.2, -0.15) is 0 Å². The summed E-state index contributed by atoms with van der Waals surface area (Å²) in [5, 5.41) is 3.13. The molecule has 0 radical (unpaired) electrons. The van der Waals surface area contributed by atoms with E-state index in [1.165, 1.54) is 5.56 Å². The van der Waals surface area contributed by atoms with E-state index in [0.717, 1.165) is 40.7 Å². The maximum Gasteiger partial charge on any atom is 0.124 e. The molecule has 1 heterocycles. The van der Waals surface area contributed by atoms with Gasteiger partial charge in [0.1, 0.15) is 10.8 Å². The van der Waals surface area contributed by atoms with E-state index in [-0.39, 0.29) is 0 Å². The molecule has 0 aliphatic carbocycles. The number of nitrogens with zero attached hydrogens (tertiary/aromatic N) is 2. The average molecular weight is 350 g/mol. The van der Waals surface area contributed by atoms with Crippen LogP contribution < -0.4 is 4.74 Å². The predicted molar refractivity (Wildman–Crippen MR) is 106 cm³/mol. The third-order valence-corrected chi connectivity index (χ3v) is 4.88. The van der Waals surface area contributed by atoms with Gasteiger partial charge in [0.15, 0.2) is 0 Å². The van der Waals surface area contributed by atoms with Crippen molar-refractivity contribution in [2.24, 2.45) is 0 Å². The molecule has 0 atom stereocenters. The van der Waals surface area contributed by atoms with Crippen LogP contribution in [-0.4, -0.2) is 30.6 Å². The molecule has 0 N–H and O–H groups in total. The van der Waals surface area contributed by atoms with Gasteiger partial charge in [-0.05, 0) is 36.9 Å². The van der Waals surface area contributed by atoms with Crippen molar-refractivity contribution in [3.63, 3.8) is 0 Å². The lowest BCUT2D eigenvalue weighted by atomic mass is 10.1. The summed E-state index contributed by atoms with van der Waals surface area (Å²) in [6.45, 7) is 5.58. The Labute approximate surface area is 153 Å². The van der Waals surface area contributed by atoms with Gasteiger partial charge in [0.05, 0.1) is 12.8 Å². The summed E-state index contributed by atoms with van der Waals surface area (Å²) in [5.41, 5.74) is 4.56. The number of benzene rings is 2. The second-order valence-electron chi connectivity index (χ2n) is 5.95. The first kappa shape index (κ1) is 17.4. The van der Waals surface area contributed by atoms with Gasteiger partial charge in [-0.1, -0.05) is 30.3 Å². The molecular formula is C21H22N2OS. The third-order valence-electron chi connectivity index (χ3n) is 3.98. The topological polar surface area (TPSA) is 25.4 Å². The highest BCUT2D eigenvalue weighted by Crippen LogP contribution is 2.30. The minimum absolute atomic E-state index is 0.859. The lowest BCUT2D eigenvalue weighted by Crippen LogP contribution is -2.17. The number of aromatic nitrogens is 1. The van der Waals surface area contributed by atoms with Crippen LogP contribution in [0.5, 0.6) is 5.75 Å². The lowest BCUT2D eigenvalue weighted by Gasteiger charge is -2.14. The van der Waals surface area contributed by atoms with Gasteiger partial charge in [-0.25, -0.2) is 4.98 Å². The van der Waals surface area contributed by atoms with Gasteiger partial charge in [0.25, 0.3) is 0 Å². The molecule has 4 heteroatoms. The number of likely N-dealkylation sites (N-methyl/N-ethyl adjacent to an activating group) is 1. The van der Waals surface area contributed by atoms with E-state index in [2.05, 4.69) is 48.2 Å². The van der Waals surface area contributed by atoms with Crippen LogP contribution in [0.1, 0.15) is 5.56 Å². The van der Waals surface area contributed by atoms with Crippen LogP contribution in [0.4, 0.5) is 0 Å². The fraction of sp³-hybridized carbons (Fsp3) is 0.190. The monoisotopic (exact) mass is 350 g/mol. The predicted octanol–water partition coefficient (Wildman–Crippen LogP) is 5.10. The number of thiazole rings is 1. The van der Waals surface area contributed by atoms with Crippen molar-refractivity contribution < 1.29 is 4.74 Å². The molecule has 0 saturated carbocycles. The lowest BCUT2D eigenvalue weighted by molar-refractivity contribution is 0.364. The molecule has 3 nitrogen and oxygen atoms in total. The summed E-state index contributed by atoms with van der Waals surface area (Å²) in [6, 6.07) is 16.6. The molecule has 0 amide bonds. The minimum atomic E-state index is 0.859. The molecular weight excluding hydrogens is 328 g/mol. The zero-order valence-corrected chi connectivity index (χ0v) is 15.4. The largest absolute Gasteiger partial charge is 0.497 e. The van der Waals surface area contributed by atoms with Gasteiger partial charge >= 0.3 is 0 Å². The van der Waals surface area contributed by atoms with Gasteiger partial charge in [-0.3, -0.25) is 4.90 Å². The summed E-state index contributed by atoms with van der Waals surface area (Å²) in [6.07, 6.45) is 1.92. The second kappa shape index (κ2) is 8.10. The van der Waals surface area contributed by atoms with Crippen LogP contribution in [0.25, 0.3) is 21.8 Å². The Kier molecular flexibility index (Phi) is 5.64. The Morgan fingerprint density at radius 2 is 1.76 bits per heavy atom. The zero-order chi connectivity index (χ0) is 17.6. The maximum absolute atomic E-state index is 5.21. The van der Waals surface area contributed by atoms with Gasteiger partial charge < -0.3 is 4.74 Å². The molecule has 0 unspecified atom stereocenters. The molecule has 0 aliphatic heterocycles. The molecule has 0 aliphatic rings. The summed E-state index contributed by atoms with van der Waals surface area (Å²) in [7, 11) is 3.77. The van der Waals surface area contributed by atoms with Gasteiger partial charge in [-0.15, -0.1) is 17.9 Å². The molecule has 2 aromatic carbocycles. The number of hydrogen-bond acceptors (Lipinski definition) is 4. The Bertz CT molecular complexity index is 822. The fourth-order valence-corrected chi connectivity index (χ4v) is 3.49. The highest BCUT2D eigenvalue weighted by molar-refractivity contribution is 7.13. The Balaban J connectivity index is 1.74. The number of methoxy groups -OCH3 is 1. The highest BCUT2D eigenvalue weighted by Gasteiger charge is 2.07. The molecule has 1 aromatic heterocycles. The highest BCUT2D eigenvalue weighted by atomic mass is 32.1. The molecule has 0 spiro atoms. The van der Waals surface area contributed by atoms with Crippen LogP contribution in [0.2, 0.25) is 0 Å². The first-order valence-electron chi connectivity index (χ1n) is 8.18. The van der Waals surface area contributed by atoms with Crippen molar-refractivity contribution in [1.82, 2.24) is 9.88 Å². The molecule has 0 bridgehead atoms. The summed E-state index contributed by atoms with van der Waals surface area (Å²) >= 11 is 1.66. The number of hydrogen-bond donors (Lipinski definition) is 0. The number of rotatable bonds is 7. The maximum atomic E-state index is 5.21. The summed E-state index contributed by atoms with van der Waals surface area (Å²) in [4.78, 5) is 7.01. The molecule has 25 heavy (non-hydrogen) atoms. The summed E-state index contributed by atoms with van der Waals surface area (Å²) < 4.78 is 5.21. The SMILES string of the molecule is C=CCN(C)Cc1ccc(-c2csc(-c3ccc(OC)cc3)n2)cc1. The first-order chi connectivity index (χ1) is 12.2. The third kappa shape index (κ3) is 4.35. The van der Waals surface area contributed by atoms with Crippen molar-refractivity contribution in [3.8, 4) is 27.6 Å². The normalized spacial score (nSPS) is 10.8. The van der Waals surface area contributed by atoms with E-state index >= 15 is 0 Å². The van der Waals surface area contributed by atoms with Crippen molar-refractivity contribution in [2.75, 3.05) is 20.7 Å². The fourth-order valence-electron chi connectivity index (χ4n) is 2.65. The molecule has 3 aromatic rings. The standard InChI is InChI=1S/C21H22N2OS/c1-4-13-23(2)14-16-5-7-17(8-6-16)20-15-25-21(22-20)18-9-11-19(24-3)12-10-18/h4-12,15H,1,13-14H2,2-3H3. The molecule has 3 rings (SSSR count). The van der Waals surface area contributed by atoms with Crippen molar-refractivity contribution in [3.05, 3.63) is 72.1 Å². The van der Waals surface area contributed by atoms with Crippen LogP contribution in [0.15, 0.2) is 66.6 Å². The molecule has 128 valence electrons. The second-order valence-corrected chi connectivity index (χ2v) is 6.81. The van der Waals surface area contributed by atoms with Crippen LogP contribution in [0.3, 0.4) is 0 Å². The first-order valence-corrected chi connectivity index (χ1v) is 9.06. The van der Waals surface area contributed by atoms with Crippen LogP contribution >= 0.6 is 11.3 Å². The van der Waals surface area contributed by atoms with E-state index in [9.17, 15) is 0 Å². The van der Waals surface area contributed by atoms with Gasteiger partial charge in [0, 0.05) is 29.6 Å². The molecule has 0 saturated heterocycles. The van der Waals surface area contributed by atoms with E-state index in [4.69, 9.17) is 9.72 Å². The quantitative estimate of drug-likeness (QED) is 0.554. The van der Waals surface area contributed by atoms with Crippen molar-refractivity contribution >= 4 is 11.3 Å². The number of ether oxygens (including phenoxy) is 1. The van der Waals surface area contributed by atoms with Gasteiger partial charge in [0.2, 0.25) is 0 Å². The molecule has 0 fully saturated rings. The Morgan fingerprint density at radius 1 is 1.08 bits per heavy atom.